The van der Waals surface area contributed by atoms with Crippen molar-refractivity contribution in [3.63, 3.8) is 0 Å². The first-order chi connectivity index (χ1) is 13.2. The molecule has 1 aliphatic heterocycles. The van der Waals surface area contributed by atoms with E-state index >= 15 is 0 Å². The van der Waals surface area contributed by atoms with E-state index in [2.05, 4.69) is 56.5 Å². The van der Waals surface area contributed by atoms with Crippen LogP contribution in [0.2, 0.25) is 0 Å². The van der Waals surface area contributed by atoms with E-state index in [1.807, 2.05) is 36.4 Å². The molecule has 0 radical (unpaired) electrons. The fourth-order valence-electron chi connectivity index (χ4n) is 3.73. The molecule has 1 saturated heterocycles. The van der Waals surface area contributed by atoms with Crippen molar-refractivity contribution in [1.29, 1.82) is 0 Å². The third-order valence-corrected chi connectivity index (χ3v) is 5.72. The number of halogens is 1. The lowest BCUT2D eigenvalue weighted by Crippen LogP contribution is -2.44. The lowest BCUT2D eigenvalue weighted by Gasteiger charge is -2.32. The normalized spacial score (nSPS) is 15.7. The molecule has 1 amide bonds. The van der Waals surface area contributed by atoms with E-state index in [0.29, 0.717) is 0 Å². The Balaban J connectivity index is 1.32. The van der Waals surface area contributed by atoms with Crippen LogP contribution in [-0.2, 0) is 6.54 Å². The summed E-state index contributed by atoms with van der Waals surface area (Å²) in [6.07, 6.45) is 1.99. The molecule has 0 atom stereocenters. The Labute approximate surface area is 168 Å². The zero-order valence-corrected chi connectivity index (χ0v) is 16.8. The molecule has 0 aromatic heterocycles. The molecule has 0 bridgehead atoms. The van der Waals surface area contributed by atoms with Gasteiger partial charge in [0.1, 0.15) is 0 Å². The van der Waals surface area contributed by atoms with Crippen LogP contribution in [-0.4, -0.2) is 29.9 Å². The van der Waals surface area contributed by atoms with Gasteiger partial charge >= 0.3 is 0 Å². The van der Waals surface area contributed by atoms with Gasteiger partial charge in [0.15, 0.2) is 0 Å². The van der Waals surface area contributed by atoms with Crippen molar-refractivity contribution in [1.82, 2.24) is 10.2 Å². The third-order valence-electron chi connectivity index (χ3n) is 5.23. The standard InChI is InChI=1S/C23H23BrN2O/c24-21-7-3-4-17(14-21)16-26-12-10-22(11-13-26)25-23(27)20-9-8-18-5-1-2-6-19(18)15-20/h1-9,14-15,22H,10-13,16H2,(H,25,27). The number of amides is 1. The predicted molar refractivity (Wildman–Crippen MR) is 114 cm³/mol. The first-order valence-electron chi connectivity index (χ1n) is 9.44. The summed E-state index contributed by atoms with van der Waals surface area (Å²) in [4.78, 5) is 15.1. The van der Waals surface area contributed by atoms with Crippen LogP contribution in [0.3, 0.4) is 0 Å². The van der Waals surface area contributed by atoms with Gasteiger partial charge in [-0.2, -0.15) is 0 Å². The average Bonchev–Trinajstić information content (AvgIpc) is 2.69. The molecule has 1 fully saturated rings. The minimum absolute atomic E-state index is 0.0335. The lowest BCUT2D eigenvalue weighted by atomic mass is 10.0. The summed E-state index contributed by atoms with van der Waals surface area (Å²) < 4.78 is 1.12. The topological polar surface area (TPSA) is 32.3 Å². The molecule has 3 aromatic rings. The molecule has 0 unspecified atom stereocenters. The van der Waals surface area contributed by atoms with E-state index in [0.717, 1.165) is 53.3 Å². The number of hydrogen-bond donors (Lipinski definition) is 1. The zero-order chi connectivity index (χ0) is 18.6. The van der Waals surface area contributed by atoms with Gasteiger partial charge in [0.2, 0.25) is 0 Å². The van der Waals surface area contributed by atoms with Gasteiger partial charge in [-0.3, -0.25) is 9.69 Å². The zero-order valence-electron chi connectivity index (χ0n) is 15.2. The van der Waals surface area contributed by atoms with Crippen LogP contribution in [0.4, 0.5) is 0 Å². The van der Waals surface area contributed by atoms with Crippen molar-refractivity contribution in [2.75, 3.05) is 13.1 Å². The molecule has 0 saturated carbocycles. The number of hydrogen-bond acceptors (Lipinski definition) is 2. The summed E-state index contributed by atoms with van der Waals surface area (Å²) in [6.45, 7) is 2.98. The van der Waals surface area contributed by atoms with Gasteiger partial charge in [0.25, 0.3) is 5.91 Å². The SMILES string of the molecule is O=C(NC1CCN(Cc2cccc(Br)c2)CC1)c1ccc2ccccc2c1. The van der Waals surface area contributed by atoms with Crippen LogP contribution < -0.4 is 5.32 Å². The molecular formula is C23H23BrN2O. The first kappa shape index (κ1) is 18.2. The van der Waals surface area contributed by atoms with Gasteiger partial charge in [-0.25, -0.2) is 0 Å². The molecule has 4 heteroatoms. The number of fused-ring (bicyclic) bond motifs is 1. The molecule has 3 nitrogen and oxygen atoms in total. The summed E-state index contributed by atoms with van der Waals surface area (Å²) >= 11 is 3.53. The van der Waals surface area contributed by atoms with E-state index < -0.39 is 0 Å². The number of carbonyl (C=O) groups is 1. The van der Waals surface area contributed by atoms with Crippen molar-refractivity contribution < 1.29 is 4.79 Å². The highest BCUT2D eigenvalue weighted by atomic mass is 79.9. The molecular weight excluding hydrogens is 400 g/mol. The number of likely N-dealkylation sites (tertiary alicyclic amines) is 1. The van der Waals surface area contributed by atoms with Crippen LogP contribution in [0, 0.1) is 0 Å². The second kappa shape index (κ2) is 8.24. The summed E-state index contributed by atoms with van der Waals surface area (Å²) in [6, 6.07) is 22.8. The van der Waals surface area contributed by atoms with Crippen molar-refractivity contribution >= 4 is 32.6 Å². The highest BCUT2D eigenvalue weighted by molar-refractivity contribution is 9.10. The van der Waals surface area contributed by atoms with E-state index in [1.165, 1.54) is 5.56 Å². The van der Waals surface area contributed by atoms with E-state index in [4.69, 9.17) is 0 Å². The molecule has 1 heterocycles. The van der Waals surface area contributed by atoms with Crippen LogP contribution >= 0.6 is 15.9 Å². The fourth-order valence-corrected chi connectivity index (χ4v) is 4.17. The average molecular weight is 423 g/mol. The number of nitrogens with one attached hydrogen (secondary N) is 1. The quantitative estimate of drug-likeness (QED) is 0.641. The lowest BCUT2D eigenvalue weighted by molar-refractivity contribution is 0.0909. The molecule has 1 N–H and O–H groups in total. The number of benzene rings is 3. The van der Waals surface area contributed by atoms with Crippen LogP contribution in [0.15, 0.2) is 71.2 Å². The number of rotatable bonds is 4. The molecule has 4 rings (SSSR count). The maximum atomic E-state index is 12.6. The maximum Gasteiger partial charge on any atom is 0.251 e. The number of carbonyl (C=O) groups excluding carboxylic acids is 1. The Morgan fingerprint density at radius 3 is 2.52 bits per heavy atom. The summed E-state index contributed by atoms with van der Waals surface area (Å²) in [5.41, 5.74) is 2.06. The maximum absolute atomic E-state index is 12.6. The highest BCUT2D eigenvalue weighted by Crippen LogP contribution is 2.19. The predicted octanol–water partition coefficient (Wildman–Crippen LogP) is 5.00. The van der Waals surface area contributed by atoms with Crippen LogP contribution in [0.5, 0.6) is 0 Å². The van der Waals surface area contributed by atoms with Crippen LogP contribution in [0.1, 0.15) is 28.8 Å². The van der Waals surface area contributed by atoms with Crippen LogP contribution in [0.25, 0.3) is 10.8 Å². The van der Waals surface area contributed by atoms with Gasteiger partial charge in [0.05, 0.1) is 0 Å². The Morgan fingerprint density at radius 1 is 0.963 bits per heavy atom. The second-order valence-corrected chi connectivity index (χ2v) is 8.13. The van der Waals surface area contributed by atoms with E-state index in [9.17, 15) is 4.79 Å². The van der Waals surface area contributed by atoms with Gasteiger partial charge in [-0.05, 0) is 53.4 Å². The Kier molecular flexibility index (Phi) is 5.55. The smallest absolute Gasteiger partial charge is 0.251 e. The van der Waals surface area contributed by atoms with Crippen molar-refractivity contribution in [3.05, 3.63) is 82.3 Å². The van der Waals surface area contributed by atoms with Gasteiger partial charge in [-0.1, -0.05) is 58.4 Å². The van der Waals surface area contributed by atoms with Gasteiger partial charge < -0.3 is 5.32 Å². The highest BCUT2D eigenvalue weighted by Gasteiger charge is 2.21. The van der Waals surface area contributed by atoms with Gasteiger partial charge in [-0.15, -0.1) is 0 Å². The fraction of sp³-hybridized carbons (Fsp3) is 0.261. The molecule has 1 aliphatic rings. The minimum Gasteiger partial charge on any atom is -0.349 e. The molecule has 27 heavy (non-hydrogen) atoms. The monoisotopic (exact) mass is 422 g/mol. The van der Waals surface area contributed by atoms with Crippen molar-refractivity contribution in [2.24, 2.45) is 0 Å². The second-order valence-electron chi connectivity index (χ2n) is 7.22. The Bertz CT molecular complexity index is 948. The van der Waals surface area contributed by atoms with Crippen molar-refractivity contribution in [2.45, 2.75) is 25.4 Å². The van der Waals surface area contributed by atoms with Gasteiger partial charge in [0, 0.05) is 35.7 Å². The number of nitrogens with zero attached hydrogens (tertiary/aromatic N) is 1. The molecule has 0 spiro atoms. The molecule has 0 aliphatic carbocycles. The third kappa shape index (κ3) is 4.57. The van der Waals surface area contributed by atoms with E-state index in [1.54, 1.807) is 0 Å². The summed E-state index contributed by atoms with van der Waals surface area (Å²) in [5, 5.41) is 5.49. The Morgan fingerprint density at radius 2 is 1.74 bits per heavy atom. The first-order valence-corrected chi connectivity index (χ1v) is 10.2. The summed E-state index contributed by atoms with van der Waals surface area (Å²) in [7, 11) is 0. The molecule has 138 valence electrons. The van der Waals surface area contributed by atoms with Crippen molar-refractivity contribution in [3.8, 4) is 0 Å². The Hall–Kier alpha value is -2.17. The number of piperidine rings is 1. The van der Waals surface area contributed by atoms with E-state index in [-0.39, 0.29) is 11.9 Å². The largest absolute Gasteiger partial charge is 0.349 e. The minimum atomic E-state index is 0.0335. The summed E-state index contributed by atoms with van der Waals surface area (Å²) in [5.74, 6) is 0.0335. The molecule has 3 aromatic carbocycles.